The van der Waals surface area contributed by atoms with E-state index in [-0.39, 0.29) is 21.4 Å². The van der Waals surface area contributed by atoms with Crippen molar-refractivity contribution in [1.82, 2.24) is 8.85 Å². The Morgan fingerprint density at radius 2 is 1.05 bits per heavy atom. The summed E-state index contributed by atoms with van der Waals surface area (Å²) in [6.45, 7) is 14.8. The van der Waals surface area contributed by atoms with Gasteiger partial charge in [-0.3, -0.25) is 4.79 Å². The number of nitrogen functional groups attached to an aromatic ring is 1. The van der Waals surface area contributed by atoms with Crippen LogP contribution < -0.4 is 59.8 Å². The highest BCUT2D eigenvalue weighted by Gasteiger charge is 2.85. The normalized spacial score (nSPS) is 14.6. The van der Waals surface area contributed by atoms with Crippen LogP contribution in [0.5, 0.6) is 0 Å². The highest BCUT2D eigenvalue weighted by molar-refractivity contribution is 8.05. The molecular weight excluding hydrogens is 1180 g/mol. The molecule has 1 saturated carbocycles. The molecule has 0 aromatic heterocycles. The molecule has 0 unspecified atom stereocenters. The van der Waals surface area contributed by atoms with Crippen molar-refractivity contribution in [2.75, 3.05) is 11.5 Å². The molecule has 3 aromatic carbocycles. The van der Waals surface area contributed by atoms with Gasteiger partial charge in [0.2, 0.25) is 15.9 Å². The number of hydrogen-bond acceptors (Lipinski definition) is 8. The molecule has 0 heterocycles. The van der Waals surface area contributed by atoms with Crippen molar-refractivity contribution in [3.63, 3.8) is 0 Å². The molecule has 3 aromatic rings. The van der Waals surface area contributed by atoms with Gasteiger partial charge in [0.05, 0.1) is 10.6 Å². The molecular formula is C42H58F9I2N3O7S3+2. The molecule has 1 amide bonds. The molecule has 66 heavy (non-hydrogen) atoms. The van der Waals surface area contributed by atoms with Gasteiger partial charge in [0.1, 0.15) is 0 Å². The van der Waals surface area contributed by atoms with E-state index in [1.807, 2.05) is 4.72 Å². The Kier molecular flexibility index (Phi) is 22.8. The fourth-order valence-electron chi connectivity index (χ4n) is 5.70. The SMILES string of the molecule is CC(=O)NS(=O)(=O)c1ccc(N)cc1.CCC(C)(C)c1ccc([IH+])cc1.CCC(C)(C)c1ccc([IH+])cc1.O=S(=O)(CCC1CCCCC1)NS(=O)(=O)C(F)(F)C(F)(F)C(F)(F)C(F)(F)F. The third-order valence-corrected chi connectivity index (χ3v) is 17.3. The first-order chi connectivity index (χ1) is 29.8. The minimum absolute atomic E-state index is 0.0156. The van der Waals surface area contributed by atoms with E-state index in [1.54, 1.807) is 0 Å². The Morgan fingerprint density at radius 1 is 0.652 bits per heavy atom. The second kappa shape index (κ2) is 24.4. The molecule has 4 rings (SSSR count). The quantitative estimate of drug-likeness (QED) is 0.126. The predicted octanol–water partition coefficient (Wildman–Crippen LogP) is 3.38. The summed E-state index contributed by atoms with van der Waals surface area (Å²) in [5, 5.41) is -7.09. The molecule has 0 atom stereocenters. The Hall–Kier alpha value is -2.43. The van der Waals surface area contributed by atoms with Crippen molar-refractivity contribution >= 4 is 41.7 Å². The summed E-state index contributed by atoms with van der Waals surface area (Å²) >= 11 is 4.12. The number of halogens is 11. The summed E-state index contributed by atoms with van der Waals surface area (Å²) in [7, 11) is -16.1. The second-order valence-corrected chi connectivity index (χ2v) is 24.8. The average Bonchev–Trinajstić information content (AvgIpc) is 3.20. The van der Waals surface area contributed by atoms with Crippen LogP contribution in [0.15, 0.2) is 77.7 Å². The second-order valence-electron chi connectivity index (χ2n) is 16.6. The molecule has 10 nitrogen and oxygen atoms in total. The number of amides is 1. The number of rotatable bonds is 14. The smallest absolute Gasteiger partial charge is 0.399 e. The lowest BCUT2D eigenvalue weighted by molar-refractivity contribution is -0.382. The Balaban J connectivity index is 0.000000479. The molecule has 0 saturated heterocycles. The van der Waals surface area contributed by atoms with Crippen LogP contribution in [0, 0.1) is 13.1 Å². The lowest BCUT2D eigenvalue weighted by Gasteiger charge is -2.32. The van der Waals surface area contributed by atoms with Crippen LogP contribution in [0.25, 0.3) is 0 Å². The number of carbonyl (C=O) groups is 1. The van der Waals surface area contributed by atoms with E-state index in [0.29, 0.717) is 29.4 Å². The minimum atomic E-state index is -7.48. The van der Waals surface area contributed by atoms with Crippen LogP contribution in [0.4, 0.5) is 45.2 Å². The van der Waals surface area contributed by atoms with Gasteiger partial charge in [0.15, 0.2) is 7.14 Å². The van der Waals surface area contributed by atoms with Gasteiger partial charge in [-0.1, -0.05) is 97.9 Å². The molecule has 0 spiro atoms. The van der Waals surface area contributed by atoms with Gasteiger partial charge in [-0.15, -0.1) is 4.13 Å². The number of hydrogen-bond donors (Lipinski definition) is 3. The predicted molar refractivity (Wildman–Crippen MR) is 229 cm³/mol. The monoisotopic (exact) mass is 1240 g/mol. The van der Waals surface area contributed by atoms with Gasteiger partial charge in [-0.05, 0) is 95.7 Å². The highest BCUT2D eigenvalue weighted by atomic mass is 127. The number of anilines is 1. The van der Waals surface area contributed by atoms with Gasteiger partial charge in [0.25, 0.3) is 65.2 Å². The van der Waals surface area contributed by atoms with Crippen LogP contribution in [-0.2, 0) is 45.7 Å². The Labute approximate surface area is 409 Å². The summed E-state index contributed by atoms with van der Waals surface area (Å²) < 4.78 is 188. The summed E-state index contributed by atoms with van der Waals surface area (Å²) in [4.78, 5) is 10.6. The molecule has 0 radical (unpaired) electrons. The van der Waals surface area contributed by atoms with Crippen LogP contribution >= 0.6 is 0 Å². The van der Waals surface area contributed by atoms with Gasteiger partial charge in [-0.25, -0.2) is 30.0 Å². The van der Waals surface area contributed by atoms with E-state index in [2.05, 4.69) is 135 Å². The van der Waals surface area contributed by atoms with Crippen molar-refractivity contribution < 1.29 is 115 Å². The maximum Gasteiger partial charge on any atom is 0.460 e. The number of sulfonamides is 3. The first kappa shape index (κ1) is 61.6. The molecule has 0 bridgehead atoms. The zero-order chi connectivity index (χ0) is 51.4. The van der Waals surface area contributed by atoms with Crippen molar-refractivity contribution in [1.29, 1.82) is 0 Å². The molecule has 4 N–H and O–H groups in total. The number of alkyl halides is 9. The number of carbonyl (C=O) groups excluding carboxylic acids is 1. The average molecular weight is 1240 g/mol. The largest absolute Gasteiger partial charge is 0.460 e. The highest BCUT2D eigenvalue weighted by Crippen LogP contribution is 2.54. The van der Waals surface area contributed by atoms with Crippen molar-refractivity contribution in [3.8, 4) is 0 Å². The molecule has 1 fully saturated rings. The Morgan fingerprint density at radius 3 is 1.39 bits per heavy atom. The summed E-state index contributed by atoms with van der Waals surface area (Å²) in [6, 6.07) is 23.3. The van der Waals surface area contributed by atoms with E-state index in [4.69, 9.17) is 5.73 Å². The molecule has 1 aliphatic rings. The number of nitrogens with one attached hydrogen (secondary N) is 2. The van der Waals surface area contributed by atoms with E-state index < -0.39 is 65.0 Å². The maximum absolute atomic E-state index is 13.5. The van der Waals surface area contributed by atoms with E-state index in [0.717, 1.165) is 26.2 Å². The first-order valence-corrected chi connectivity index (χ1v) is 27.2. The maximum atomic E-state index is 13.5. The third-order valence-electron chi connectivity index (χ3n) is 10.7. The zero-order valence-electron chi connectivity index (χ0n) is 37.2. The molecule has 0 aliphatic heterocycles. The lowest BCUT2D eigenvalue weighted by Crippen LogP contribution is -3.34. The summed E-state index contributed by atoms with van der Waals surface area (Å²) in [6.07, 6.45) is -1.65. The van der Waals surface area contributed by atoms with Gasteiger partial charge < -0.3 is 5.73 Å². The molecule has 376 valence electrons. The van der Waals surface area contributed by atoms with Gasteiger partial charge in [-0.2, -0.15) is 39.5 Å². The number of benzene rings is 3. The fraction of sp³-hybridized carbons (Fsp3) is 0.548. The van der Waals surface area contributed by atoms with Crippen LogP contribution in [-0.4, -0.2) is 60.2 Å². The van der Waals surface area contributed by atoms with Gasteiger partial charge in [0, 0.05) is 12.6 Å². The molecule has 24 heteroatoms. The van der Waals surface area contributed by atoms with Crippen molar-refractivity contribution in [2.24, 2.45) is 5.92 Å². The van der Waals surface area contributed by atoms with Crippen LogP contribution in [0.1, 0.15) is 111 Å². The van der Waals surface area contributed by atoms with E-state index in [1.165, 1.54) is 55.4 Å². The number of nitrogens with two attached hydrogens (primary N) is 1. The van der Waals surface area contributed by atoms with Crippen molar-refractivity contribution in [3.05, 3.63) is 91.1 Å². The lowest BCUT2D eigenvalue weighted by atomic mass is 9.82. The first-order valence-electron chi connectivity index (χ1n) is 20.2. The standard InChI is InChI=1S/C12H16F9NO4S2.2C11H16I.C8H10N2O3S/c13-9(14,11(17,18)19)10(15,16)12(20,21)28(25,26)22-27(23,24)7-6-8-4-2-1-3-5-8;2*1-4-11(2,3)9-5-7-10(12)8-6-9;1-6(11)10-14(12,13)8-4-2-7(9)3-5-8/h8,22H,1-7H2;2*5-8,12H,4H2,1-3H3;2-5H,9H2,1H3,(H,10,11)/q;2*+1;. The minimum Gasteiger partial charge on any atom is -0.399 e. The van der Waals surface area contributed by atoms with E-state index >= 15 is 0 Å². The molecule has 1 aliphatic carbocycles. The van der Waals surface area contributed by atoms with Crippen LogP contribution in [0.2, 0.25) is 0 Å². The zero-order valence-corrected chi connectivity index (χ0v) is 44.4. The topological polar surface area (TPSA) is 170 Å². The van der Waals surface area contributed by atoms with Crippen LogP contribution in [0.3, 0.4) is 0 Å². The summed E-state index contributed by atoms with van der Waals surface area (Å²) in [5.41, 5.74) is 9.39. The Bertz CT molecular complexity index is 2290. The van der Waals surface area contributed by atoms with Gasteiger partial charge >= 0.3 is 23.3 Å². The summed E-state index contributed by atoms with van der Waals surface area (Å²) in [5.74, 6) is -16.9. The van der Waals surface area contributed by atoms with E-state index in [9.17, 15) is 69.6 Å². The fourth-order valence-corrected chi connectivity index (χ4v) is 10.7. The third kappa shape index (κ3) is 17.8. The van der Waals surface area contributed by atoms with Crippen molar-refractivity contribution in [2.45, 2.75) is 139 Å².